The molecule has 0 atom stereocenters. The van der Waals surface area contributed by atoms with E-state index in [9.17, 15) is 13.2 Å². The van der Waals surface area contributed by atoms with Crippen molar-refractivity contribution in [1.82, 2.24) is 9.71 Å². The lowest BCUT2D eigenvalue weighted by atomic mass is 10.1. The molecule has 0 aliphatic heterocycles. The van der Waals surface area contributed by atoms with Gasteiger partial charge in [0.1, 0.15) is 5.75 Å². The van der Waals surface area contributed by atoms with E-state index in [0.29, 0.717) is 16.8 Å². The van der Waals surface area contributed by atoms with Crippen LogP contribution in [0.1, 0.15) is 18.1 Å². The van der Waals surface area contributed by atoms with Crippen molar-refractivity contribution in [2.24, 2.45) is 0 Å². The quantitative estimate of drug-likeness (QED) is 0.696. The molecular weight excluding hydrogens is 352 g/mol. The predicted octanol–water partition coefficient (Wildman–Crippen LogP) is 2.58. The second-order valence-electron chi connectivity index (χ2n) is 5.90. The van der Waals surface area contributed by atoms with E-state index in [0.717, 1.165) is 17.4 Å². The fourth-order valence-electron chi connectivity index (χ4n) is 2.64. The first-order valence-electron chi connectivity index (χ1n) is 8.21. The van der Waals surface area contributed by atoms with Crippen molar-refractivity contribution >= 4 is 20.9 Å². The molecule has 0 amide bonds. The number of pyridine rings is 1. The summed E-state index contributed by atoms with van der Waals surface area (Å²) in [5.74, 6) is 0.636. The van der Waals surface area contributed by atoms with Crippen LogP contribution >= 0.6 is 0 Å². The number of fused-ring (bicyclic) bond motifs is 1. The largest absolute Gasteiger partial charge is 0.497 e. The first kappa shape index (κ1) is 18.2. The molecule has 3 rings (SSSR count). The molecule has 1 aromatic heterocycles. The Labute approximate surface area is 151 Å². The van der Waals surface area contributed by atoms with E-state index < -0.39 is 10.0 Å². The van der Waals surface area contributed by atoms with Gasteiger partial charge in [0.25, 0.3) is 5.56 Å². The molecule has 2 N–H and O–H groups in total. The Balaban J connectivity index is 1.84. The molecular formula is C19H20N2O4S. The molecule has 0 bridgehead atoms. The van der Waals surface area contributed by atoms with Crippen LogP contribution in [0.3, 0.4) is 0 Å². The summed E-state index contributed by atoms with van der Waals surface area (Å²) in [5.41, 5.74) is 1.70. The third-order valence-corrected chi connectivity index (χ3v) is 5.64. The number of hydrogen-bond acceptors (Lipinski definition) is 4. The molecule has 0 unspecified atom stereocenters. The zero-order valence-corrected chi connectivity index (χ0v) is 15.4. The molecule has 136 valence electrons. The lowest BCUT2D eigenvalue weighted by Crippen LogP contribution is -2.27. The predicted molar refractivity (Wildman–Crippen MR) is 101 cm³/mol. The summed E-state index contributed by atoms with van der Waals surface area (Å²) in [6, 6.07) is 13.7. The Kier molecular flexibility index (Phi) is 5.11. The summed E-state index contributed by atoms with van der Waals surface area (Å²) in [6.45, 7) is 1.92. The van der Waals surface area contributed by atoms with Crippen LogP contribution < -0.4 is 15.0 Å². The zero-order chi connectivity index (χ0) is 18.7. The topological polar surface area (TPSA) is 88.3 Å². The van der Waals surface area contributed by atoms with Crippen molar-refractivity contribution in [3.8, 4) is 5.75 Å². The fourth-order valence-corrected chi connectivity index (χ4v) is 3.65. The minimum atomic E-state index is -3.69. The molecule has 0 aliphatic carbocycles. The Hall–Kier alpha value is -2.64. The van der Waals surface area contributed by atoms with Crippen LogP contribution in [0.15, 0.2) is 58.2 Å². The highest BCUT2D eigenvalue weighted by Gasteiger charge is 2.14. The Morgan fingerprint density at radius 2 is 1.81 bits per heavy atom. The van der Waals surface area contributed by atoms with E-state index in [-0.39, 0.29) is 17.0 Å². The van der Waals surface area contributed by atoms with Gasteiger partial charge in [-0.3, -0.25) is 4.79 Å². The average molecular weight is 372 g/mol. The highest BCUT2D eigenvalue weighted by molar-refractivity contribution is 7.89. The van der Waals surface area contributed by atoms with Gasteiger partial charge in [0.15, 0.2) is 0 Å². The van der Waals surface area contributed by atoms with Crippen LogP contribution in [-0.2, 0) is 23.0 Å². The van der Waals surface area contributed by atoms with Gasteiger partial charge in [0, 0.05) is 18.2 Å². The molecule has 2 aromatic carbocycles. The second kappa shape index (κ2) is 7.31. The Morgan fingerprint density at radius 3 is 2.46 bits per heavy atom. The summed E-state index contributed by atoms with van der Waals surface area (Å²) in [4.78, 5) is 15.2. The number of hydrogen-bond donors (Lipinski definition) is 2. The number of H-pyrrole nitrogens is 1. The number of nitrogens with one attached hydrogen (secondary N) is 2. The van der Waals surface area contributed by atoms with Crippen molar-refractivity contribution < 1.29 is 13.2 Å². The first-order chi connectivity index (χ1) is 12.4. The summed E-state index contributed by atoms with van der Waals surface area (Å²) in [6.07, 6.45) is 0.838. The second-order valence-corrected chi connectivity index (χ2v) is 7.67. The molecule has 0 fully saturated rings. The lowest BCUT2D eigenvalue weighted by molar-refractivity contribution is 0.415. The molecule has 0 spiro atoms. The van der Waals surface area contributed by atoms with Crippen LogP contribution in [-0.4, -0.2) is 20.5 Å². The van der Waals surface area contributed by atoms with Gasteiger partial charge in [-0.15, -0.1) is 0 Å². The van der Waals surface area contributed by atoms with Crippen molar-refractivity contribution in [1.29, 1.82) is 0 Å². The molecule has 0 saturated heterocycles. The van der Waals surface area contributed by atoms with Gasteiger partial charge in [0.05, 0.1) is 17.5 Å². The zero-order valence-electron chi connectivity index (χ0n) is 14.6. The van der Waals surface area contributed by atoms with Gasteiger partial charge in [-0.25, -0.2) is 13.1 Å². The van der Waals surface area contributed by atoms with Crippen LogP contribution in [0.4, 0.5) is 0 Å². The summed E-state index contributed by atoms with van der Waals surface area (Å²) < 4.78 is 32.5. The number of rotatable bonds is 6. The van der Waals surface area contributed by atoms with Gasteiger partial charge < -0.3 is 9.72 Å². The minimum absolute atomic E-state index is 0.0881. The number of aromatic amines is 1. The van der Waals surface area contributed by atoms with Gasteiger partial charge >= 0.3 is 0 Å². The van der Waals surface area contributed by atoms with Crippen LogP contribution in [0.5, 0.6) is 5.75 Å². The summed E-state index contributed by atoms with van der Waals surface area (Å²) in [7, 11) is -2.14. The Morgan fingerprint density at radius 1 is 1.08 bits per heavy atom. The number of ether oxygens (including phenoxy) is 1. The van der Waals surface area contributed by atoms with Gasteiger partial charge in [-0.1, -0.05) is 19.1 Å². The van der Waals surface area contributed by atoms with E-state index >= 15 is 0 Å². The average Bonchev–Trinajstić information content (AvgIpc) is 2.66. The van der Waals surface area contributed by atoms with E-state index in [1.807, 2.05) is 13.0 Å². The van der Waals surface area contributed by atoms with Crippen LogP contribution in [0, 0.1) is 0 Å². The number of benzene rings is 2. The van der Waals surface area contributed by atoms with Gasteiger partial charge in [-0.2, -0.15) is 0 Å². The standard InChI is InChI=1S/C19H20N2O4S/c1-3-13-4-8-17(9-5-13)26(23,24)20-12-15-10-14-6-7-16(25-2)11-18(14)21-19(15)22/h4-11,20H,3,12H2,1-2H3,(H,21,22). The maximum absolute atomic E-state index is 12.4. The smallest absolute Gasteiger partial charge is 0.252 e. The van der Waals surface area contributed by atoms with E-state index in [1.165, 1.54) is 0 Å². The third kappa shape index (κ3) is 3.79. The highest BCUT2D eigenvalue weighted by Crippen LogP contribution is 2.18. The lowest BCUT2D eigenvalue weighted by Gasteiger charge is -2.08. The number of sulfonamides is 1. The minimum Gasteiger partial charge on any atom is -0.497 e. The van der Waals surface area contributed by atoms with E-state index in [1.54, 1.807) is 49.6 Å². The van der Waals surface area contributed by atoms with Crippen molar-refractivity contribution in [3.63, 3.8) is 0 Å². The summed E-state index contributed by atoms with van der Waals surface area (Å²) >= 11 is 0. The number of aryl methyl sites for hydroxylation is 1. The van der Waals surface area contributed by atoms with E-state index in [2.05, 4.69) is 9.71 Å². The monoisotopic (exact) mass is 372 g/mol. The Bertz CT molecular complexity index is 1090. The third-order valence-electron chi connectivity index (χ3n) is 4.22. The molecule has 26 heavy (non-hydrogen) atoms. The van der Waals surface area contributed by atoms with Crippen molar-refractivity contribution in [3.05, 3.63) is 70.0 Å². The van der Waals surface area contributed by atoms with E-state index in [4.69, 9.17) is 4.74 Å². The van der Waals surface area contributed by atoms with Crippen LogP contribution in [0.2, 0.25) is 0 Å². The van der Waals surface area contributed by atoms with Gasteiger partial charge in [-0.05, 0) is 47.7 Å². The van der Waals surface area contributed by atoms with Gasteiger partial charge in [0.2, 0.25) is 10.0 Å². The summed E-state index contributed by atoms with van der Waals surface area (Å²) in [5, 5.41) is 0.798. The molecule has 7 heteroatoms. The SMILES string of the molecule is CCc1ccc(S(=O)(=O)NCc2cc3ccc(OC)cc3[nH]c2=O)cc1. The molecule has 1 heterocycles. The van der Waals surface area contributed by atoms with Crippen LogP contribution in [0.25, 0.3) is 10.9 Å². The molecule has 6 nitrogen and oxygen atoms in total. The first-order valence-corrected chi connectivity index (χ1v) is 9.70. The highest BCUT2D eigenvalue weighted by atomic mass is 32.2. The number of methoxy groups -OCH3 is 1. The molecule has 0 aliphatic rings. The maximum atomic E-state index is 12.4. The normalized spacial score (nSPS) is 11.6. The van der Waals surface area contributed by atoms with Crippen molar-refractivity contribution in [2.45, 2.75) is 24.8 Å². The molecule has 0 saturated carbocycles. The molecule has 3 aromatic rings. The molecule has 0 radical (unpaired) electrons. The fraction of sp³-hybridized carbons (Fsp3) is 0.211. The van der Waals surface area contributed by atoms with Crippen molar-refractivity contribution in [2.75, 3.05) is 7.11 Å². The maximum Gasteiger partial charge on any atom is 0.252 e. The number of aromatic nitrogens is 1.